The minimum Gasteiger partial charge on any atom is -0.352 e. The van der Waals surface area contributed by atoms with E-state index >= 15 is 0 Å². The van der Waals surface area contributed by atoms with Gasteiger partial charge in [0.15, 0.2) is 6.29 Å². The second-order valence-electron chi connectivity index (χ2n) is 6.06. The Morgan fingerprint density at radius 2 is 1.71 bits per heavy atom. The van der Waals surface area contributed by atoms with Gasteiger partial charge in [-0.2, -0.15) is 0 Å². The summed E-state index contributed by atoms with van der Waals surface area (Å²) in [6.45, 7) is 9.66. The van der Waals surface area contributed by atoms with Crippen molar-refractivity contribution >= 4 is 0 Å². The first kappa shape index (κ1) is 15.0. The highest BCUT2D eigenvalue weighted by Crippen LogP contribution is 2.31. The van der Waals surface area contributed by atoms with Crippen LogP contribution in [0.1, 0.15) is 72.6 Å². The van der Waals surface area contributed by atoms with Crippen molar-refractivity contribution in [3.8, 4) is 0 Å². The van der Waals surface area contributed by atoms with E-state index in [1.165, 1.54) is 38.5 Å². The third-order valence-electron chi connectivity index (χ3n) is 3.89. The Hall–Kier alpha value is -0.0800. The lowest BCUT2D eigenvalue weighted by Gasteiger charge is -2.40. The maximum absolute atomic E-state index is 5.91. The van der Waals surface area contributed by atoms with E-state index in [1.54, 1.807) is 0 Å². The molecule has 1 rings (SSSR count). The fraction of sp³-hybridized carbons (Fsp3) is 1.00. The predicted molar refractivity (Wildman–Crippen MR) is 72.1 cm³/mol. The molecule has 0 unspecified atom stereocenters. The van der Waals surface area contributed by atoms with Crippen LogP contribution in [-0.2, 0) is 9.47 Å². The van der Waals surface area contributed by atoms with Gasteiger partial charge in [-0.1, -0.05) is 52.9 Å². The number of hydrogen-bond acceptors (Lipinski definition) is 2. The van der Waals surface area contributed by atoms with Gasteiger partial charge in [-0.05, 0) is 19.8 Å². The van der Waals surface area contributed by atoms with E-state index in [1.807, 2.05) is 0 Å². The van der Waals surface area contributed by atoms with Crippen LogP contribution in [0.15, 0.2) is 0 Å². The Morgan fingerprint density at radius 3 is 2.35 bits per heavy atom. The highest BCUT2D eigenvalue weighted by atomic mass is 16.7. The molecule has 0 bridgehead atoms. The second kappa shape index (κ2) is 7.38. The summed E-state index contributed by atoms with van der Waals surface area (Å²) in [5, 5.41) is 0. The molecular formula is C15H30O2. The molecular weight excluding hydrogens is 212 g/mol. The van der Waals surface area contributed by atoms with Crippen molar-refractivity contribution in [1.29, 1.82) is 0 Å². The predicted octanol–water partition coefficient (Wildman–Crippen LogP) is 4.52. The fourth-order valence-corrected chi connectivity index (χ4v) is 2.12. The van der Waals surface area contributed by atoms with E-state index in [0.29, 0.717) is 6.10 Å². The Morgan fingerprint density at radius 1 is 1.06 bits per heavy atom. The average Bonchev–Trinajstić information content (AvgIpc) is 2.28. The lowest BCUT2D eigenvalue weighted by Crippen LogP contribution is -2.44. The molecule has 1 aliphatic heterocycles. The molecule has 102 valence electrons. The molecule has 0 aromatic heterocycles. The Bertz CT molecular complexity index is 201. The average molecular weight is 242 g/mol. The molecule has 1 heterocycles. The Labute approximate surface area is 107 Å². The summed E-state index contributed by atoms with van der Waals surface area (Å²) >= 11 is 0. The van der Waals surface area contributed by atoms with Crippen molar-refractivity contribution in [1.82, 2.24) is 0 Å². The van der Waals surface area contributed by atoms with Gasteiger partial charge in [0.2, 0.25) is 0 Å². The lowest BCUT2D eigenvalue weighted by atomic mass is 9.87. The summed E-state index contributed by atoms with van der Waals surface area (Å²) in [5.74, 6) is 0. The molecule has 2 heteroatoms. The number of rotatable bonds is 7. The molecule has 0 amide bonds. The largest absolute Gasteiger partial charge is 0.352 e. The first-order chi connectivity index (χ1) is 8.06. The highest BCUT2D eigenvalue weighted by molar-refractivity contribution is 4.79. The summed E-state index contributed by atoms with van der Waals surface area (Å²) < 4.78 is 11.7. The van der Waals surface area contributed by atoms with Crippen LogP contribution in [0.3, 0.4) is 0 Å². The minimum absolute atomic E-state index is 0.0456. The zero-order chi connectivity index (χ0) is 12.7. The zero-order valence-corrected chi connectivity index (χ0v) is 12.1. The summed E-state index contributed by atoms with van der Waals surface area (Å²) in [7, 11) is 0. The molecule has 0 N–H and O–H groups in total. The summed E-state index contributed by atoms with van der Waals surface area (Å²) in [4.78, 5) is 0. The molecule has 1 fully saturated rings. The fourth-order valence-electron chi connectivity index (χ4n) is 2.12. The van der Waals surface area contributed by atoms with Gasteiger partial charge in [-0.3, -0.25) is 0 Å². The topological polar surface area (TPSA) is 18.5 Å². The molecule has 1 aliphatic rings. The van der Waals surface area contributed by atoms with E-state index in [9.17, 15) is 0 Å². The standard InChI is InChI=1S/C15H30O2/c1-5-6-7-8-9-10-11-14-16-12-15(3,4)13(2)17-14/h13-14H,5-12H2,1-4H3/t13-,14+/m0/s1. The quantitative estimate of drug-likeness (QED) is 0.611. The zero-order valence-electron chi connectivity index (χ0n) is 12.1. The van der Waals surface area contributed by atoms with Gasteiger partial charge in [0.1, 0.15) is 0 Å². The molecule has 2 nitrogen and oxygen atoms in total. The monoisotopic (exact) mass is 242 g/mol. The lowest BCUT2D eigenvalue weighted by molar-refractivity contribution is -0.256. The van der Waals surface area contributed by atoms with Gasteiger partial charge in [0.25, 0.3) is 0 Å². The molecule has 17 heavy (non-hydrogen) atoms. The van der Waals surface area contributed by atoms with Gasteiger partial charge < -0.3 is 9.47 Å². The van der Waals surface area contributed by atoms with Crippen LogP contribution >= 0.6 is 0 Å². The molecule has 1 saturated heterocycles. The van der Waals surface area contributed by atoms with Crippen molar-refractivity contribution in [2.24, 2.45) is 5.41 Å². The van der Waals surface area contributed by atoms with Crippen molar-refractivity contribution in [3.05, 3.63) is 0 Å². The van der Waals surface area contributed by atoms with Gasteiger partial charge in [-0.25, -0.2) is 0 Å². The maximum Gasteiger partial charge on any atom is 0.157 e. The summed E-state index contributed by atoms with van der Waals surface area (Å²) in [6.07, 6.45) is 9.41. The Kier molecular flexibility index (Phi) is 6.50. The van der Waals surface area contributed by atoms with Crippen molar-refractivity contribution in [3.63, 3.8) is 0 Å². The van der Waals surface area contributed by atoms with Crippen LogP contribution in [0.25, 0.3) is 0 Å². The van der Waals surface area contributed by atoms with Crippen LogP contribution < -0.4 is 0 Å². The Balaban J connectivity index is 2.05. The van der Waals surface area contributed by atoms with Crippen molar-refractivity contribution in [2.45, 2.75) is 85.0 Å². The molecule has 0 spiro atoms. The number of ether oxygens (including phenoxy) is 2. The van der Waals surface area contributed by atoms with E-state index in [0.717, 1.165) is 13.0 Å². The van der Waals surface area contributed by atoms with Crippen LogP contribution in [0.2, 0.25) is 0 Å². The van der Waals surface area contributed by atoms with Gasteiger partial charge in [0.05, 0.1) is 12.7 Å². The summed E-state index contributed by atoms with van der Waals surface area (Å²) in [5.41, 5.74) is 0.164. The van der Waals surface area contributed by atoms with E-state index in [4.69, 9.17) is 9.47 Å². The molecule has 0 radical (unpaired) electrons. The highest BCUT2D eigenvalue weighted by Gasteiger charge is 2.34. The van der Waals surface area contributed by atoms with Crippen LogP contribution in [0, 0.1) is 5.41 Å². The van der Waals surface area contributed by atoms with Crippen LogP contribution in [0.5, 0.6) is 0 Å². The molecule has 2 atom stereocenters. The van der Waals surface area contributed by atoms with E-state index < -0.39 is 0 Å². The van der Waals surface area contributed by atoms with Crippen LogP contribution in [0.4, 0.5) is 0 Å². The van der Waals surface area contributed by atoms with Crippen LogP contribution in [-0.4, -0.2) is 19.0 Å². The van der Waals surface area contributed by atoms with E-state index in [-0.39, 0.29) is 11.7 Å². The summed E-state index contributed by atoms with van der Waals surface area (Å²) in [6, 6.07) is 0. The molecule has 0 saturated carbocycles. The first-order valence-corrected chi connectivity index (χ1v) is 7.33. The van der Waals surface area contributed by atoms with Gasteiger partial charge in [-0.15, -0.1) is 0 Å². The van der Waals surface area contributed by atoms with E-state index in [2.05, 4.69) is 27.7 Å². The first-order valence-electron chi connectivity index (χ1n) is 7.33. The smallest absolute Gasteiger partial charge is 0.157 e. The minimum atomic E-state index is 0.0456. The SMILES string of the molecule is CCCCCCCC[C@@H]1OCC(C)(C)[C@H](C)O1. The van der Waals surface area contributed by atoms with Gasteiger partial charge >= 0.3 is 0 Å². The third kappa shape index (κ3) is 5.39. The molecule has 0 aliphatic carbocycles. The normalized spacial score (nSPS) is 28.2. The van der Waals surface area contributed by atoms with Gasteiger partial charge in [0, 0.05) is 5.41 Å². The number of hydrogen-bond donors (Lipinski definition) is 0. The second-order valence-corrected chi connectivity index (χ2v) is 6.06. The van der Waals surface area contributed by atoms with Crippen molar-refractivity contribution in [2.75, 3.05) is 6.61 Å². The molecule has 0 aromatic carbocycles. The maximum atomic E-state index is 5.91. The molecule has 0 aromatic rings. The number of unbranched alkanes of at least 4 members (excludes halogenated alkanes) is 5. The van der Waals surface area contributed by atoms with Crippen molar-refractivity contribution < 1.29 is 9.47 Å². The third-order valence-corrected chi connectivity index (χ3v) is 3.89.